The van der Waals surface area contributed by atoms with E-state index in [1.807, 2.05) is 25.3 Å². The molecule has 0 radical (unpaired) electrons. The number of aromatic nitrogens is 4. The number of fused-ring (bicyclic) bond motifs is 1. The van der Waals surface area contributed by atoms with Crippen LogP contribution in [-0.4, -0.2) is 25.4 Å². The van der Waals surface area contributed by atoms with Gasteiger partial charge in [0, 0.05) is 22.9 Å². The fourth-order valence-corrected chi connectivity index (χ4v) is 3.65. The molecule has 3 heterocycles. The van der Waals surface area contributed by atoms with Crippen LogP contribution in [0.25, 0.3) is 17.0 Å². The second-order valence-electron chi connectivity index (χ2n) is 6.23. The molecule has 0 aromatic carbocycles. The molecule has 3 aromatic heterocycles. The fraction of sp³-hybridized carbons (Fsp3) is 0.412. The van der Waals surface area contributed by atoms with E-state index in [-0.39, 0.29) is 0 Å². The molecule has 0 amide bonds. The van der Waals surface area contributed by atoms with Crippen LogP contribution in [0.4, 0.5) is 5.82 Å². The van der Waals surface area contributed by atoms with Crippen LogP contribution in [0.15, 0.2) is 29.0 Å². The number of rotatable bonds is 3. The molecule has 1 aliphatic rings. The third-order valence-corrected chi connectivity index (χ3v) is 4.95. The Hall–Kier alpha value is -1.82. The topological polar surface area (TPSA) is 58.0 Å². The molecule has 1 aliphatic carbocycles. The van der Waals surface area contributed by atoms with E-state index in [2.05, 4.69) is 41.8 Å². The number of H-pyrrole nitrogens is 1. The molecule has 1 saturated carbocycles. The van der Waals surface area contributed by atoms with E-state index in [1.165, 1.54) is 32.1 Å². The number of pyridine rings is 1. The zero-order valence-electron chi connectivity index (χ0n) is 13.1. The number of anilines is 1. The normalized spacial score (nSPS) is 16.1. The Labute approximate surface area is 143 Å². The summed E-state index contributed by atoms with van der Waals surface area (Å²) in [6.07, 6.45) is 10.4. The second-order valence-corrected chi connectivity index (χ2v) is 7.15. The van der Waals surface area contributed by atoms with Gasteiger partial charge in [-0.1, -0.05) is 19.3 Å². The first-order valence-electron chi connectivity index (χ1n) is 8.17. The third kappa shape index (κ3) is 2.87. The molecule has 0 spiro atoms. The van der Waals surface area contributed by atoms with E-state index in [0.29, 0.717) is 6.04 Å². The van der Waals surface area contributed by atoms with Crippen molar-refractivity contribution in [2.45, 2.75) is 45.1 Å². The van der Waals surface area contributed by atoms with Crippen LogP contribution >= 0.6 is 15.9 Å². The predicted molar refractivity (Wildman–Crippen MR) is 95.7 cm³/mol. The number of halogens is 1. The van der Waals surface area contributed by atoms with E-state index >= 15 is 0 Å². The van der Waals surface area contributed by atoms with Gasteiger partial charge < -0.3 is 10.3 Å². The van der Waals surface area contributed by atoms with Gasteiger partial charge in [-0.25, -0.2) is 9.97 Å². The van der Waals surface area contributed by atoms with E-state index in [1.54, 1.807) is 0 Å². The maximum Gasteiger partial charge on any atom is 0.140 e. The summed E-state index contributed by atoms with van der Waals surface area (Å²) in [4.78, 5) is 12.5. The molecule has 0 unspecified atom stereocenters. The molecule has 0 atom stereocenters. The molecule has 1 fully saturated rings. The van der Waals surface area contributed by atoms with Crippen molar-refractivity contribution in [1.82, 2.24) is 19.4 Å². The fourth-order valence-electron chi connectivity index (χ4n) is 3.31. The quantitative estimate of drug-likeness (QED) is 0.708. The maximum atomic E-state index is 4.80. The van der Waals surface area contributed by atoms with Gasteiger partial charge in [-0.15, -0.1) is 0 Å². The zero-order chi connectivity index (χ0) is 15.8. The highest BCUT2D eigenvalue weighted by atomic mass is 79.9. The maximum absolute atomic E-state index is 4.80. The SMILES string of the molecule is Cc1nc(-c2nc3ccc(Br)cn3c2NC2CCCCC2)c[nH]1. The summed E-state index contributed by atoms with van der Waals surface area (Å²) in [5, 5.41) is 3.73. The monoisotopic (exact) mass is 373 g/mol. The van der Waals surface area contributed by atoms with Gasteiger partial charge in [-0.3, -0.25) is 4.40 Å². The minimum Gasteiger partial charge on any atom is -0.367 e. The summed E-state index contributed by atoms with van der Waals surface area (Å²) in [5.41, 5.74) is 2.74. The Morgan fingerprint density at radius 2 is 2.04 bits per heavy atom. The van der Waals surface area contributed by atoms with Crippen molar-refractivity contribution < 1.29 is 0 Å². The highest BCUT2D eigenvalue weighted by Gasteiger charge is 2.20. The van der Waals surface area contributed by atoms with E-state index < -0.39 is 0 Å². The Kier molecular flexibility index (Phi) is 3.85. The number of hydrogen-bond donors (Lipinski definition) is 2. The van der Waals surface area contributed by atoms with Crippen LogP contribution in [0.2, 0.25) is 0 Å². The number of nitrogens with zero attached hydrogens (tertiary/aromatic N) is 3. The molecule has 4 rings (SSSR count). The van der Waals surface area contributed by atoms with Gasteiger partial charge in [-0.2, -0.15) is 0 Å². The summed E-state index contributed by atoms with van der Waals surface area (Å²) >= 11 is 3.56. The number of aromatic amines is 1. The molecule has 0 saturated heterocycles. The van der Waals surface area contributed by atoms with Crippen LogP contribution in [0.5, 0.6) is 0 Å². The van der Waals surface area contributed by atoms with Gasteiger partial charge in [0.25, 0.3) is 0 Å². The number of imidazole rings is 2. The van der Waals surface area contributed by atoms with Crippen molar-refractivity contribution in [1.29, 1.82) is 0 Å². The van der Waals surface area contributed by atoms with Crippen molar-refractivity contribution >= 4 is 27.4 Å². The smallest absolute Gasteiger partial charge is 0.140 e. The van der Waals surface area contributed by atoms with Crippen molar-refractivity contribution in [2.24, 2.45) is 0 Å². The summed E-state index contributed by atoms with van der Waals surface area (Å²) in [7, 11) is 0. The highest BCUT2D eigenvalue weighted by Crippen LogP contribution is 2.31. The summed E-state index contributed by atoms with van der Waals surface area (Å²) in [5.74, 6) is 1.95. The summed E-state index contributed by atoms with van der Waals surface area (Å²) in [6.45, 7) is 1.96. The molecule has 6 heteroatoms. The third-order valence-electron chi connectivity index (χ3n) is 4.48. The van der Waals surface area contributed by atoms with Gasteiger partial charge in [0.05, 0.1) is 0 Å². The molecule has 3 aromatic rings. The first-order chi connectivity index (χ1) is 11.2. The summed E-state index contributed by atoms with van der Waals surface area (Å²) in [6, 6.07) is 4.56. The Bertz CT molecular complexity index is 829. The molecular formula is C17H20BrN5. The van der Waals surface area contributed by atoms with E-state index in [9.17, 15) is 0 Å². The molecule has 0 bridgehead atoms. The van der Waals surface area contributed by atoms with Crippen molar-refractivity contribution in [3.63, 3.8) is 0 Å². The zero-order valence-corrected chi connectivity index (χ0v) is 14.7. The van der Waals surface area contributed by atoms with Crippen LogP contribution < -0.4 is 5.32 Å². The average molecular weight is 374 g/mol. The molecule has 23 heavy (non-hydrogen) atoms. The lowest BCUT2D eigenvalue weighted by molar-refractivity contribution is 0.461. The van der Waals surface area contributed by atoms with Crippen LogP contribution in [-0.2, 0) is 0 Å². The molecular weight excluding hydrogens is 354 g/mol. The second kappa shape index (κ2) is 6.00. The average Bonchev–Trinajstić information content (AvgIpc) is 3.13. The molecule has 0 aliphatic heterocycles. The van der Waals surface area contributed by atoms with Crippen LogP contribution in [0.3, 0.4) is 0 Å². The van der Waals surface area contributed by atoms with Gasteiger partial charge in [-0.05, 0) is 47.8 Å². The Morgan fingerprint density at radius 1 is 1.22 bits per heavy atom. The lowest BCUT2D eigenvalue weighted by Crippen LogP contribution is -2.23. The largest absolute Gasteiger partial charge is 0.367 e. The molecule has 2 N–H and O–H groups in total. The van der Waals surface area contributed by atoms with Gasteiger partial charge in [0.15, 0.2) is 0 Å². The minimum atomic E-state index is 0.515. The minimum absolute atomic E-state index is 0.515. The number of aryl methyl sites for hydroxylation is 1. The Morgan fingerprint density at radius 3 is 2.78 bits per heavy atom. The summed E-state index contributed by atoms with van der Waals surface area (Å²) < 4.78 is 3.16. The van der Waals surface area contributed by atoms with E-state index in [0.717, 1.165) is 33.2 Å². The van der Waals surface area contributed by atoms with Gasteiger partial charge in [0.2, 0.25) is 0 Å². The van der Waals surface area contributed by atoms with Crippen molar-refractivity contribution in [2.75, 3.05) is 5.32 Å². The number of nitrogens with one attached hydrogen (secondary N) is 2. The van der Waals surface area contributed by atoms with Crippen molar-refractivity contribution in [3.05, 3.63) is 34.8 Å². The molecule has 5 nitrogen and oxygen atoms in total. The van der Waals surface area contributed by atoms with Crippen molar-refractivity contribution in [3.8, 4) is 11.4 Å². The van der Waals surface area contributed by atoms with Gasteiger partial charge in [0.1, 0.15) is 28.7 Å². The Balaban J connectivity index is 1.81. The highest BCUT2D eigenvalue weighted by molar-refractivity contribution is 9.10. The standard InChI is InChI=1S/C17H20BrN5/c1-11-19-9-14(20-11)16-17(21-13-5-3-2-4-6-13)23-10-12(18)7-8-15(23)22-16/h7-10,13,21H,2-6H2,1H3,(H,19,20). The van der Waals surface area contributed by atoms with E-state index in [4.69, 9.17) is 4.98 Å². The first-order valence-corrected chi connectivity index (χ1v) is 8.96. The number of hydrogen-bond acceptors (Lipinski definition) is 3. The predicted octanol–water partition coefficient (Wildman–Crippen LogP) is 4.54. The van der Waals surface area contributed by atoms with Gasteiger partial charge >= 0.3 is 0 Å². The van der Waals surface area contributed by atoms with Crippen LogP contribution in [0.1, 0.15) is 37.9 Å². The van der Waals surface area contributed by atoms with Crippen LogP contribution in [0, 0.1) is 6.92 Å². The molecule has 120 valence electrons. The lowest BCUT2D eigenvalue weighted by atomic mass is 9.95. The first kappa shape index (κ1) is 14.8. The lowest BCUT2D eigenvalue weighted by Gasteiger charge is -2.24.